The van der Waals surface area contributed by atoms with Crippen molar-refractivity contribution in [3.8, 4) is 0 Å². The van der Waals surface area contributed by atoms with Gasteiger partial charge in [-0.2, -0.15) is 0 Å². The average Bonchev–Trinajstić information content (AvgIpc) is 2.97. The lowest BCUT2D eigenvalue weighted by atomic mass is 9.97. The van der Waals surface area contributed by atoms with Gasteiger partial charge in [0, 0.05) is 41.5 Å². The molecule has 3 rings (SSSR count). The van der Waals surface area contributed by atoms with Crippen LogP contribution in [0, 0.1) is 0 Å². The number of benzene rings is 1. The Balaban J connectivity index is 2.08. The third-order valence-electron chi connectivity index (χ3n) is 6.47. The van der Waals surface area contributed by atoms with E-state index >= 15 is 0 Å². The first-order valence-electron chi connectivity index (χ1n) is 14.3. The summed E-state index contributed by atoms with van der Waals surface area (Å²) in [5, 5.41) is 0. The minimum Gasteiger partial charge on any atom is -0.463 e. The SMILES string of the molecule is CC(=O)OC[C@H]1O[C@H](O[C@H]2C(OC(C)=O)OC[C@@H](OC(=O)c3ccccc3)[C@@H]2OC(C)=O)[C@H](OC(C)=O)[C@@H](OC(C)=O)[C@H]1OC(C)=O. The molecule has 1 aromatic rings. The number of rotatable bonds is 11. The predicted molar refractivity (Wildman–Crippen MR) is 150 cm³/mol. The number of carbonyl (C=O) groups is 7. The van der Waals surface area contributed by atoms with Crippen LogP contribution in [0.15, 0.2) is 30.3 Å². The third-order valence-corrected chi connectivity index (χ3v) is 6.47. The lowest BCUT2D eigenvalue weighted by molar-refractivity contribution is -0.354. The number of hydrogen-bond donors (Lipinski definition) is 0. The Bertz CT molecular complexity index is 1310. The standard InChI is InChI=1S/C30H36O17/c1-14(31)38-12-22-23(40-15(2)32)25(42-17(4)34)27(43-18(5)35)30(46-22)47-26-24(41-16(3)33)21(13-39-29(26)44-19(6)36)45-28(37)20-10-8-7-9-11-20/h7-11,21-27,29-30H,12-13H2,1-6H3/t21-,22-,23+,24+,25+,26-,27-,29?,30-/m1/s1. The van der Waals surface area contributed by atoms with Gasteiger partial charge in [0.2, 0.25) is 6.29 Å². The Hall–Kier alpha value is -4.61. The Labute approximate surface area is 268 Å². The molecule has 0 aromatic heterocycles. The van der Waals surface area contributed by atoms with Gasteiger partial charge in [-0.15, -0.1) is 0 Å². The molecule has 2 heterocycles. The summed E-state index contributed by atoms with van der Waals surface area (Å²) < 4.78 is 55.4. The third kappa shape index (κ3) is 10.7. The van der Waals surface area contributed by atoms with Gasteiger partial charge < -0.3 is 47.4 Å². The minimum absolute atomic E-state index is 0.160. The molecule has 2 fully saturated rings. The molecule has 0 saturated carbocycles. The van der Waals surface area contributed by atoms with Crippen LogP contribution in [0.25, 0.3) is 0 Å². The van der Waals surface area contributed by atoms with Crippen molar-refractivity contribution in [3.63, 3.8) is 0 Å². The van der Waals surface area contributed by atoms with Gasteiger partial charge in [0.25, 0.3) is 0 Å². The molecular formula is C30H36O17. The highest BCUT2D eigenvalue weighted by Crippen LogP contribution is 2.34. The van der Waals surface area contributed by atoms with Gasteiger partial charge in [-0.05, 0) is 12.1 Å². The second-order valence-corrected chi connectivity index (χ2v) is 10.4. The molecule has 17 heteroatoms. The van der Waals surface area contributed by atoms with Crippen LogP contribution in [0.5, 0.6) is 0 Å². The van der Waals surface area contributed by atoms with E-state index in [1.165, 1.54) is 12.1 Å². The Morgan fingerprint density at radius 3 is 1.68 bits per heavy atom. The number of ether oxygens (including phenoxy) is 10. The van der Waals surface area contributed by atoms with Crippen molar-refractivity contribution in [3.05, 3.63) is 35.9 Å². The average molecular weight is 669 g/mol. The van der Waals surface area contributed by atoms with Gasteiger partial charge in [0.05, 0.1) is 12.2 Å². The fourth-order valence-corrected chi connectivity index (χ4v) is 4.82. The Morgan fingerprint density at radius 2 is 1.13 bits per heavy atom. The molecule has 0 bridgehead atoms. The summed E-state index contributed by atoms with van der Waals surface area (Å²) in [7, 11) is 0. The normalized spacial score (nSPS) is 28.5. The Morgan fingerprint density at radius 1 is 0.596 bits per heavy atom. The van der Waals surface area contributed by atoms with Crippen molar-refractivity contribution in [1.82, 2.24) is 0 Å². The lowest BCUT2D eigenvalue weighted by Gasteiger charge is -2.47. The smallest absolute Gasteiger partial charge is 0.338 e. The summed E-state index contributed by atoms with van der Waals surface area (Å²) in [5.74, 6) is -5.90. The second-order valence-electron chi connectivity index (χ2n) is 10.4. The van der Waals surface area contributed by atoms with E-state index in [4.69, 9.17) is 47.4 Å². The zero-order valence-corrected chi connectivity index (χ0v) is 26.4. The summed E-state index contributed by atoms with van der Waals surface area (Å²) in [6, 6.07) is 7.86. The highest BCUT2D eigenvalue weighted by atomic mass is 16.8. The molecule has 1 unspecified atom stereocenters. The maximum Gasteiger partial charge on any atom is 0.338 e. The lowest BCUT2D eigenvalue weighted by Crippen LogP contribution is -2.66. The quantitative estimate of drug-likeness (QED) is 0.232. The zero-order chi connectivity index (χ0) is 34.8. The fourth-order valence-electron chi connectivity index (χ4n) is 4.82. The molecule has 0 aliphatic carbocycles. The van der Waals surface area contributed by atoms with Crippen LogP contribution in [-0.4, -0.2) is 110 Å². The maximum absolute atomic E-state index is 13.0. The number of carbonyl (C=O) groups excluding carboxylic acids is 7. The first kappa shape index (κ1) is 36.9. The van der Waals surface area contributed by atoms with Crippen LogP contribution in [0.4, 0.5) is 0 Å². The minimum atomic E-state index is -1.79. The van der Waals surface area contributed by atoms with E-state index in [2.05, 4.69) is 0 Å². The van der Waals surface area contributed by atoms with Crippen LogP contribution in [-0.2, 0) is 76.1 Å². The molecule has 0 spiro atoms. The molecule has 1 aromatic carbocycles. The number of esters is 7. The van der Waals surface area contributed by atoms with Gasteiger partial charge in [-0.1, -0.05) is 18.2 Å². The van der Waals surface area contributed by atoms with Crippen molar-refractivity contribution in [2.45, 2.75) is 96.9 Å². The van der Waals surface area contributed by atoms with Crippen molar-refractivity contribution in [2.24, 2.45) is 0 Å². The summed E-state index contributed by atoms with van der Waals surface area (Å²) in [6.07, 6.45) is -14.1. The second kappa shape index (κ2) is 16.8. The molecule has 0 amide bonds. The van der Waals surface area contributed by atoms with Gasteiger partial charge in [0.15, 0.2) is 42.9 Å². The number of hydrogen-bond acceptors (Lipinski definition) is 17. The molecule has 0 radical (unpaired) electrons. The van der Waals surface area contributed by atoms with Crippen molar-refractivity contribution in [2.75, 3.05) is 13.2 Å². The van der Waals surface area contributed by atoms with Gasteiger partial charge in [-0.3, -0.25) is 28.8 Å². The monoisotopic (exact) mass is 668 g/mol. The maximum atomic E-state index is 13.0. The van der Waals surface area contributed by atoms with E-state index in [0.29, 0.717) is 0 Å². The zero-order valence-electron chi connectivity index (χ0n) is 26.4. The largest absolute Gasteiger partial charge is 0.463 e. The van der Waals surface area contributed by atoms with Gasteiger partial charge in [-0.25, -0.2) is 4.79 Å². The predicted octanol–water partition coefficient (Wildman–Crippen LogP) is 0.531. The fraction of sp³-hybridized carbons (Fsp3) is 0.567. The Kier molecular flexibility index (Phi) is 13.2. The van der Waals surface area contributed by atoms with E-state index in [1.54, 1.807) is 18.2 Å². The van der Waals surface area contributed by atoms with Crippen molar-refractivity contribution >= 4 is 41.8 Å². The molecule has 2 saturated heterocycles. The first-order valence-corrected chi connectivity index (χ1v) is 14.3. The van der Waals surface area contributed by atoms with Crippen LogP contribution in [0.2, 0.25) is 0 Å². The molecular weight excluding hydrogens is 632 g/mol. The van der Waals surface area contributed by atoms with Crippen LogP contribution >= 0.6 is 0 Å². The van der Waals surface area contributed by atoms with E-state index < -0.39 is 110 Å². The summed E-state index contributed by atoms with van der Waals surface area (Å²) >= 11 is 0. The van der Waals surface area contributed by atoms with Gasteiger partial charge >= 0.3 is 41.8 Å². The van der Waals surface area contributed by atoms with Crippen LogP contribution < -0.4 is 0 Å². The highest BCUT2D eigenvalue weighted by Gasteiger charge is 2.56. The highest BCUT2D eigenvalue weighted by molar-refractivity contribution is 5.89. The molecule has 9 atom stereocenters. The van der Waals surface area contributed by atoms with Crippen molar-refractivity contribution in [1.29, 1.82) is 0 Å². The van der Waals surface area contributed by atoms with Gasteiger partial charge in [0.1, 0.15) is 12.7 Å². The molecule has 2 aliphatic rings. The molecule has 0 N–H and O–H groups in total. The summed E-state index contributed by atoms with van der Waals surface area (Å²) in [5.41, 5.74) is 0.160. The van der Waals surface area contributed by atoms with E-state index in [9.17, 15) is 33.6 Å². The van der Waals surface area contributed by atoms with E-state index in [0.717, 1.165) is 41.5 Å². The molecule has 258 valence electrons. The molecule has 2 aliphatic heterocycles. The summed E-state index contributed by atoms with van der Waals surface area (Å²) in [4.78, 5) is 85.5. The van der Waals surface area contributed by atoms with Crippen LogP contribution in [0.1, 0.15) is 51.9 Å². The van der Waals surface area contributed by atoms with Crippen molar-refractivity contribution < 1.29 is 80.9 Å². The van der Waals surface area contributed by atoms with E-state index in [1.807, 2.05) is 0 Å². The topological polar surface area (TPSA) is 212 Å². The summed E-state index contributed by atoms with van der Waals surface area (Å²) in [6.45, 7) is 5.38. The first-order chi connectivity index (χ1) is 22.2. The van der Waals surface area contributed by atoms with Crippen LogP contribution in [0.3, 0.4) is 0 Å². The van der Waals surface area contributed by atoms with E-state index in [-0.39, 0.29) is 5.56 Å². The molecule has 17 nitrogen and oxygen atoms in total. The molecule has 47 heavy (non-hydrogen) atoms.